The lowest BCUT2D eigenvalue weighted by Gasteiger charge is -2.20. The predicted molar refractivity (Wildman–Crippen MR) is 84.2 cm³/mol. The van der Waals surface area contributed by atoms with Crippen molar-refractivity contribution in [3.05, 3.63) is 34.4 Å². The molecule has 1 aromatic carbocycles. The summed E-state index contributed by atoms with van der Waals surface area (Å²) in [5, 5.41) is 0. The van der Waals surface area contributed by atoms with Crippen molar-refractivity contribution in [1.29, 1.82) is 0 Å². The summed E-state index contributed by atoms with van der Waals surface area (Å²) in [7, 11) is 1.45. The third kappa shape index (κ3) is 4.09. The van der Waals surface area contributed by atoms with Gasteiger partial charge in [-0.1, -0.05) is 39.3 Å². The topological polar surface area (TPSA) is 26.3 Å². The largest absolute Gasteiger partial charge is 0.469 e. The lowest BCUT2D eigenvalue weighted by Crippen LogP contribution is -2.09. The molecule has 0 amide bonds. The van der Waals surface area contributed by atoms with Gasteiger partial charge in [0.15, 0.2) is 0 Å². The van der Waals surface area contributed by atoms with E-state index in [1.807, 2.05) is 0 Å². The summed E-state index contributed by atoms with van der Waals surface area (Å²) in [6.07, 6.45) is 4.89. The highest BCUT2D eigenvalue weighted by atomic mass is 16.5. The molecule has 0 fully saturated rings. The van der Waals surface area contributed by atoms with Crippen molar-refractivity contribution in [2.45, 2.75) is 65.7 Å². The Morgan fingerprint density at radius 2 is 1.90 bits per heavy atom. The number of hydrogen-bond acceptors (Lipinski definition) is 2. The number of carbonyl (C=O) groups is 1. The molecule has 1 aromatic rings. The van der Waals surface area contributed by atoms with Crippen LogP contribution in [-0.2, 0) is 22.4 Å². The second-order valence-corrected chi connectivity index (χ2v) is 5.48. The number of carbonyl (C=O) groups excluding carboxylic acids is 1. The Morgan fingerprint density at radius 1 is 1.20 bits per heavy atom. The summed E-state index contributed by atoms with van der Waals surface area (Å²) in [4.78, 5) is 11.6. The zero-order chi connectivity index (χ0) is 15.1. The van der Waals surface area contributed by atoms with E-state index in [-0.39, 0.29) is 5.97 Å². The average molecular weight is 276 g/mol. The first-order valence-electron chi connectivity index (χ1n) is 7.76. The van der Waals surface area contributed by atoms with E-state index >= 15 is 0 Å². The Morgan fingerprint density at radius 3 is 2.40 bits per heavy atom. The third-order valence-corrected chi connectivity index (χ3v) is 4.10. The van der Waals surface area contributed by atoms with Gasteiger partial charge < -0.3 is 4.74 Å². The number of rotatable bonds is 7. The average Bonchev–Trinajstić information content (AvgIpc) is 2.46. The molecule has 0 aliphatic carbocycles. The fourth-order valence-electron chi connectivity index (χ4n) is 2.92. The SMILES string of the molecule is CCCC(CC)c1cc(CC(=O)OC)c(CC)cc1C. The van der Waals surface area contributed by atoms with Crippen LogP contribution in [0.25, 0.3) is 0 Å². The Bertz CT molecular complexity index is 449. The fourth-order valence-corrected chi connectivity index (χ4v) is 2.92. The van der Waals surface area contributed by atoms with Gasteiger partial charge in [-0.15, -0.1) is 0 Å². The molecule has 0 saturated carbocycles. The van der Waals surface area contributed by atoms with Gasteiger partial charge in [0.05, 0.1) is 13.5 Å². The number of aryl methyl sites for hydroxylation is 2. The second kappa shape index (κ2) is 8.08. The monoisotopic (exact) mass is 276 g/mol. The Kier molecular flexibility index (Phi) is 6.77. The first kappa shape index (κ1) is 16.7. The molecule has 0 aromatic heterocycles. The van der Waals surface area contributed by atoms with Crippen LogP contribution in [0.2, 0.25) is 0 Å². The van der Waals surface area contributed by atoms with Crippen molar-refractivity contribution in [3.63, 3.8) is 0 Å². The molecule has 20 heavy (non-hydrogen) atoms. The molecule has 1 unspecified atom stereocenters. The van der Waals surface area contributed by atoms with Crippen LogP contribution >= 0.6 is 0 Å². The molecule has 0 saturated heterocycles. The molecule has 2 heteroatoms. The molecule has 0 radical (unpaired) electrons. The molecular weight excluding hydrogens is 248 g/mol. The van der Waals surface area contributed by atoms with Crippen LogP contribution in [0.5, 0.6) is 0 Å². The van der Waals surface area contributed by atoms with E-state index in [1.165, 1.54) is 36.6 Å². The number of hydrogen-bond donors (Lipinski definition) is 0. The molecule has 1 atom stereocenters. The maximum atomic E-state index is 11.6. The van der Waals surface area contributed by atoms with E-state index in [1.54, 1.807) is 0 Å². The van der Waals surface area contributed by atoms with E-state index in [4.69, 9.17) is 4.74 Å². The lowest BCUT2D eigenvalue weighted by atomic mass is 9.85. The minimum absolute atomic E-state index is 0.155. The van der Waals surface area contributed by atoms with Crippen molar-refractivity contribution >= 4 is 5.97 Å². The van der Waals surface area contributed by atoms with Crippen LogP contribution in [0.3, 0.4) is 0 Å². The van der Waals surface area contributed by atoms with Crippen molar-refractivity contribution in [2.75, 3.05) is 7.11 Å². The molecule has 0 aliphatic heterocycles. The number of esters is 1. The summed E-state index contributed by atoms with van der Waals surface area (Å²) < 4.78 is 4.82. The smallest absolute Gasteiger partial charge is 0.309 e. The minimum Gasteiger partial charge on any atom is -0.469 e. The Hall–Kier alpha value is -1.31. The third-order valence-electron chi connectivity index (χ3n) is 4.10. The van der Waals surface area contributed by atoms with Crippen LogP contribution < -0.4 is 0 Å². The Balaban J connectivity index is 3.18. The highest BCUT2D eigenvalue weighted by Gasteiger charge is 2.15. The maximum absolute atomic E-state index is 11.6. The van der Waals surface area contributed by atoms with Crippen LogP contribution in [-0.4, -0.2) is 13.1 Å². The molecule has 112 valence electrons. The van der Waals surface area contributed by atoms with Crippen molar-refractivity contribution in [1.82, 2.24) is 0 Å². The minimum atomic E-state index is -0.155. The lowest BCUT2D eigenvalue weighted by molar-refractivity contribution is -0.139. The Labute approximate surface area is 123 Å². The molecule has 2 nitrogen and oxygen atoms in total. The zero-order valence-corrected chi connectivity index (χ0v) is 13.6. The normalized spacial score (nSPS) is 12.2. The van der Waals surface area contributed by atoms with Crippen molar-refractivity contribution in [2.24, 2.45) is 0 Å². The van der Waals surface area contributed by atoms with Gasteiger partial charge in [0, 0.05) is 0 Å². The van der Waals surface area contributed by atoms with E-state index in [0.29, 0.717) is 12.3 Å². The molecule has 0 aliphatic rings. The van der Waals surface area contributed by atoms with Crippen molar-refractivity contribution in [3.8, 4) is 0 Å². The summed E-state index contributed by atoms with van der Waals surface area (Å²) in [6.45, 7) is 8.80. The molecule has 0 spiro atoms. The van der Waals surface area contributed by atoms with Gasteiger partial charge in [-0.2, -0.15) is 0 Å². The number of benzene rings is 1. The highest BCUT2D eigenvalue weighted by molar-refractivity contribution is 5.73. The van der Waals surface area contributed by atoms with E-state index in [9.17, 15) is 4.79 Å². The van der Waals surface area contributed by atoms with Gasteiger partial charge in [-0.25, -0.2) is 0 Å². The van der Waals surface area contributed by atoms with Gasteiger partial charge in [-0.3, -0.25) is 4.79 Å². The van der Waals surface area contributed by atoms with Gasteiger partial charge >= 0.3 is 5.97 Å². The molecule has 1 rings (SSSR count). The first-order valence-corrected chi connectivity index (χ1v) is 7.76. The van der Waals surface area contributed by atoms with Crippen LogP contribution in [0, 0.1) is 6.92 Å². The quantitative estimate of drug-likeness (QED) is 0.682. The van der Waals surface area contributed by atoms with Gasteiger partial charge in [0.2, 0.25) is 0 Å². The zero-order valence-electron chi connectivity index (χ0n) is 13.6. The van der Waals surface area contributed by atoms with Gasteiger partial charge in [0.1, 0.15) is 0 Å². The summed E-state index contributed by atoms with van der Waals surface area (Å²) in [5.41, 5.74) is 5.17. The standard InChI is InChI=1S/C18H28O2/c1-6-9-14(7-2)17-11-16(12-18(19)20-5)15(8-3)10-13(17)4/h10-11,14H,6-9,12H2,1-5H3. The number of ether oxygens (including phenoxy) is 1. The summed E-state index contributed by atoms with van der Waals surface area (Å²) >= 11 is 0. The summed E-state index contributed by atoms with van der Waals surface area (Å²) in [6, 6.07) is 4.50. The molecule has 0 N–H and O–H groups in total. The van der Waals surface area contributed by atoms with Crippen LogP contribution in [0.4, 0.5) is 0 Å². The van der Waals surface area contributed by atoms with Gasteiger partial charge in [0.25, 0.3) is 0 Å². The van der Waals surface area contributed by atoms with Crippen molar-refractivity contribution < 1.29 is 9.53 Å². The number of methoxy groups -OCH3 is 1. The fraction of sp³-hybridized carbons (Fsp3) is 0.611. The first-order chi connectivity index (χ1) is 9.57. The molecular formula is C18H28O2. The predicted octanol–water partition coefficient (Wildman–Crippen LogP) is 4.57. The van der Waals surface area contributed by atoms with Crippen LogP contribution in [0.15, 0.2) is 12.1 Å². The van der Waals surface area contributed by atoms with Crippen LogP contribution in [0.1, 0.15) is 68.2 Å². The molecule has 0 bridgehead atoms. The highest BCUT2D eigenvalue weighted by Crippen LogP contribution is 2.30. The second-order valence-electron chi connectivity index (χ2n) is 5.48. The van der Waals surface area contributed by atoms with E-state index in [2.05, 4.69) is 39.8 Å². The van der Waals surface area contributed by atoms with E-state index in [0.717, 1.165) is 18.4 Å². The van der Waals surface area contributed by atoms with Gasteiger partial charge in [-0.05, 0) is 54.4 Å². The summed E-state index contributed by atoms with van der Waals surface area (Å²) in [5.74, 6) is 0.445. The molecule has 0 heterocycles. The maximum Gasteiger partial charge on any atom is 0.309 e. The van der Waals surface area contributed by atoms with E-state index < -0.39 is 0 Å².